The molecular weight excluding hydrogens is 612 g/mol. The Morgan fingerprint density at radius 2 is 1.07 bits per heavy atom. The van der Waals surface area contributed by atoms with Gasteiger partial charge in [0, 0.05) is 0 Å². The Morgan fingerprint density at radius 1 is 0.705 bits per heavy atom. The molecule has 0 spiro atoms. The molecule has 2 rings (SSSR count). The van der Waals surface area contributed by atoms with Gasteiger partial charge >= 0.3 is 0 Å². The average molecular weight is 657 g/mol. The topological polar surface area (TPSA) is 164 Å². The summed E-state index contributed by atoms with van der Waals surface area (Å²) in [4.78, 5) is 23.5. The second-order valence-electron chi connectivity index (χ2n) is 10.2. The van der Waals surface area contributed by atoms with Crippen molar-refractivity contribution in [2.75, 3.05) is 27.4 Å². The number of methoxy groups -OCH3 is 2. The van der Waals surface area contributed by atoms with Gasteiger partial charge in [0.15, 0.2) is 23.0 Å². The van der Waals surface area contributed by atoms with Gasteiger partial charge in [-0.05, 0) is 48.3 Å². The van der Waals surface area contributed by atoms with Crippen molar-refractivity contribution in [1.82, 2.24) is 0 Å². The maximum absolute atomic E-state index is 12.1. The minimum Gasteiger partial charge on any atom is -0.492 e. The monoisotopic (exact) mass is 656 g/mol. The van der Waals surface area contributed by atoms with Crippen molar-refractivity contribution in [3.63, 3.8) is 0 Å². The largest absolute Gasteiger partial charge is 0.492 e. The van der Waals surface area contributed by atoms with Gasteiger partial charge in [-0.15, -0.1) is 0 Å². The summed E-state index contributed by atoms with van der Waals surface area (Å²) in [7, 11) is 4.74. The Hall–Kier alpha value is -2.94. The SMILES string of the molecule is CCCCCCOc1cc([N+](=O)[O-])c(C(C)O)c(SSc2c(OC)c(OCCCCCC)cc([N+](=O)[O-])c2C(C)O)c1OC. The first-order valence-electron chi connectivity index (χ1n) is 14.8. The van der Waals surface area contributed by atoms with Crippen LogP contribution >= 0.6 is 21.6 Å². The lowest BCUT2D eigenvalue weighted by molar-refractivity contribution is -0.386. The van der Waals surface area contributed by atoms with Crippen LogP contribution in [0.15, 0.2) is 21.9 Å². The van der Waals surface area contributed by atoms with E-state index in [4.69, 9.17) is 18.9 Å². The first-order chi connectivity index (χ1) is 21.0. The van der Waals surface area contributed by atoms with E-state index in [-0.39, 0.29) is 55.3 Å². The average Bonchev–Trinajstić information content (AvgIpc) is 2.98. The van der Waals surface area contributed by atoms with Gasteiger partial charge in [0.05, 0.1) is 82.5 Å². The van der Waals surface area contributed by atoms with Gasteiger partial charge in [-0.25, -0.2) is 0 Å². The molecule has 2 N–H and O–H groups in total. The van der Waals surface area contributed by atoms with Crippen LogP contribution in [-0.4, -0.2) is 47.5 Å². The summed E-state index contributed by atoms with van der Waals surface area (Å²) >= 11 is 0. The maximum Gasteiger partial charge on any atom is 0.280 e. The fourth-order valence-electron chi connectivity index (χ4n) is 4.62. The van der Waals surface area contributed by atoms with Gasteiger partial charge in [0.25, 0.3) is 11.4 Å². The first-order valence-corrected chi connectivity index (χ1v) is 16.9. The van der Waals surface area contributed by atoms with Gasteiger partial charge in [0.1, 0.15) is 0 Å². The van der Waals surface area contributed by atoms with Crippen LogP contribution in [0.1, 0.15) is 102 Å². The molecule has 0 radical (unpaired) electrons. The summed E-state index contributed by atoms with van der Waals surface area (Å²) in [5, 5.41) is 45.6. The molecule has 44 heavy (non-hydrogen) atoms. The molecule has 12 nitrogen and oxygen atoms in total. The highest BCUT2D eigenvalue weighted by Crippen LogP contribution is 2.56. The van der Waals surface area contributed by atoms with Crippen molar-refractivity contribution >= 4 is 33.0 Å². The highest BCUT2D eigenvalue weighted by molar-refractivity contribution is 8.76. The number of nitrogens with zero attached hydrogens (tertiary/aromatic N) is 2. The number of hydrogen-bond donors (Lipinski definition) is 2. The minimum atomic E-state index is -1.27. The fourth-order valence-corrected chi connectivity index (χ4v) is 7.53. The third kappa shape index (κ3) is 9.78. The molecule has 0 aliphatic carbocycles. The summed E-state index contributed by atoms with van der Waals surface area (Å²) in [6, 6.07) is 2.49. The molecule has 0 aromatic heterocycles. The zero-order valence-corrected chi connectivity index (χ0v) is 27.9. The molecular formula is C30H44N2O10S2. The number of benzene rings is 2. The standard InChI is InChI=1S/C30H44N2O10S2/c1-7-9-11-13-15-41-23-17-21(31(35)36)25(19(3)33)29(27(23)39-5)43-44-30-26(20(4)34)22(32(37)38)18-24(28(30)40-6)42-16-14-12-10-8-2/h17-20,33-34H,7-16H2,1-6H3. The lowest BCUT2D eigenvalue weighted by Gasteiger charge is -2.21. The van der Waals surface area contributed by atoms with Crippen LogP contribution in [0.3, 0.4) is 0 Å². The molecule has 0 saturated heterocycles. The number of unbranched alkanes of at least 4 members (excludes halogenated alkanes) is 6. The molecule has 0 aliphatic rings. The van der Waals surface area contributed by atoms with Gasteiger partial charge < -0.3 is 29.2 Å². The number of aliphatic hydroxyl groups is 2. The molecule has 0 aliphatic heterocycles. The quantitative estimate of drug-likeness (QED) is 0.0572. The van der Waals surface area contributed by atoms with Crippen LogP contribution in [0.25, 0.3) is 0 Å². The summed E-state index contributed by atoms with van der Waals surface area (Å²) in [5.41, 5.74) is -0.716. The number of hydrogen-bond acceptors (Lipinski definition) is 12. The fraction of sp³-hybridized carbons (Fsp3) is 0.600. The van der Waals surface area contributed by atoms with Crippen molar-refractivity contribution in [3.05, 3.63) is 43.5 Å². The molecule has 0 bridgehead atoms. The first kappa shape index (κ1) is 37.2. The molecule has 0 saturated carbocycles. The smallest absolute Gasteiger partial charge is 0.280 e. The minimum absolute atomic E-state index is 0.00178. The maximum atomic E-state index is 12.1. The lowest BCUT2D eigenvalue weighted by atomic mass is 10.1. The van der Waals surface area contributed by atoms with Crippen molar-refractivity contribution in [1.29, 1.82) is 0 Å². The second kappa shape index (κ2) is 18.8. The molecule has 0 amide bonds. The number of ether oxygens (including phenoxy) is 4. The van der Waals surface area contributed by atoms with E-state index in [0.717, 1.165) is 73.0 Å². The Labute approximate surface area is 266 Å². The van der Waals surface area contributed by atoms with Crippen molar-refractivity contribution in [3.8, 4) is 23.0 Å². The number of aliphatic hydroxyl groups excluding tert-OH is 2. The Morgan fingerprint density at radius 3 is 1.34 bits per heavy atom. The summed E-state index contributed by atoms with van der Waals surface area (Å²) in [5.74, 6) is 0.631. The predicted molar refractivity (Wildman–Crippen MR) is 172 cm³/mol. The van der Waals surface area contributed by atoms with Crippen LogP contribution in [0.2, 0.25) is 0 Å². The molecule has 14 heteroatoms. The zero-order chi connectivity index (χ0) is 32.8. The van der Waals surface area contributed by atoms with E-state index in [2.05, 4.69) is 13.8 Å². The third-order valence-electron chi connectivity index (χ3n) is 6.79. The lowest BCUT2D eigenvalue weighted by Crippen LogP contribution is -2.07. The second-order valence-corrected chi connectivity index (χ2v) is 12.3. The van der Waals surface area contributed by atoms with Gasteiger partial charge in [-0.3, -0.25) is 20.2 Å². The van der Waals surface area contributed by atoms with Crippen molar-refractivity contribution < 1.29 is 39.0 Å². The van der Waals surface area contributed by atoms with Gasteiger partial charge in [-0.1, -0.05) is 52.4 Å². The van der Waals surface area contributed by atoms with E-state index in [1.54, 1.807) is 0 Å². The highest BCUT2D eigenvalue weighted by Gasteiger charge is 2.33. The Bertz CT molecular complexity index is 1160. The van der Waals surface area contributed by atoms with Crippen LogP contribution in [0, 0.1) is 20.2 Å². The van der Waals surface area contributed by atoms with E-state index in [9.17, 15) is 30.4 Å². The molecule has 0 heterocycles. The van der Waals surface area contributed by atoms with Crippen molar-refractivity contribution in [2.45, 2.75) is 101 Å². The molecule has 2 atom stereocenters. The molecule has 2 unspecified atom stereocenters. The zero-order valence-electron chi connectivity index (χ0n) is 26.3. The van der Waals surface area contributed by atoms with Crippen LogP contribution in [-0.2, 0) is 0 Å². The van der Waals surface area contributed by atoms with E-state index in [1.807, 2.05) is 0 Å². The van der Waals surface area contributed by atoms with Crippen LogP contribution in [0.4, 0.5) is 11.4 Å². The van der Waals surface area contributed by atoms with E-state index >= 15 is 0 Å². The Balaban J connectivity index is 2.68. The molecule has 2 aromatic carbocycles. The molecule has 246 valence electrons. The van der Waals surface area contributed by atoms with Gasteiger partial charge in [0.2, 0.25) is 0 Å². The van der Waals surface area contributed by atoms with Crippen LogP contribution in [0.5, 0.6) is 23.0 Å². The number of nitro benzene ring substituents is 2. The summed E-state index contributed by atoms with van der Waals surface area (Å²) in [6.45, 7) is 7.60. The Kier molecular flexibility index (Phi) is 15.9. The number of nitro groups is 2. The summed E-state index contributed by atoms with van der Waals surface area (Å²) < 4.78 is 23.2. The highest BCUT2D eigenvalue weighted by atomic mass is 33.1. The van der Waals surface area contributed by atoms with E-state index in [0.29, 0.717) is 13.2 Å². The van der Waals surface area contributed by atoms with Crippen LogP contribution < -0.4 is 18.9 Å². The van der Waals surface area contributed by atoms with Crippen molar-refractivity contribution in [2.24, 2.45) is 0 Å². The molecule has 0 fully saturated rings. The number of rotatable bonds is 21. The normalized spacial score (nSPS) is 12.5. The third-order valence-corrected chi connectivity index (χ3v) is 9.27. The van der Waals surface area contributed by atoms with E-state index in [1.165, 1.54) is 40.2 Å². The molecule has 2 aromatic rings. The van der Waals surface area contributed by atoms with Gasteiger partial charge in [-0.2, -0.15) is 0 Å². The van der Waals surface area contributed by atoms with E-state index < -0.39 is 22.1 Å². The summed E-state index contributed by atoms with van der Waals surface area (Å²) in [6.07, 6.45) is 4.94. The predicted octanol–water partition coefficient (Wildman–Crippen LogP) is 8.34.